The van der Waals surface area contributed by atoms with Crippen molar-refractivity contribution in [1.29, 1.82) is 0 Å². The van der Waals surface area contributed by atoms with Crippen molar-refractivity contribution in [1.82, 2.24) is 0 Å². The number of anilines is 3. The molecule has 3 aromatic rings. The first-order valence-electron chi connectivity index (χ1n) is 9.49. The van der Waals surface area contributed by atoms with Crippen LogP contribution in [0.15, 0.2) is 72.8 Å². The van der Waals surface area contributed by atoms with E-state index >= 15 is 0 Å². The molecule has 3 nitrogen and oxygen atoms in total. The third kappa shape index (κ3) is 3.88. The molecule has 0 radical (unpaired) electrons. The molecule has 1 heterocycles. The monoisotopic (exact) mass is 397 g/mol. The van der Waals surface area contributed by atoms with Gasteiger partial charge >= 0.3 is 6.18 Å². The molecule has 150 valence electrons. The van der Waals surface area contributed by atoms with Gasteiger partial charge in [-0.05, 0) is 72.5 Å². The van der Waals surface area contributed by atoms with Crippen LogP contribution in [0.25, 0.3) is 0 Å². The highest BCUT2D eigenvalue weighted by Crippen LogP contribution is 2.47. The fourth-order valence-corrected chi connectivity index (χ4v) is 4.08. The normalized spacial score (nSPS) is 19.5. The van der Waals surface area contributed by atoms with Crippen molar-refractivity contribution in [2.24, 2.45) is 0 Å². The molecule has 2 atom stereocenters. The number of nitrogens with zero attached hydrogens (tertiary/aromatic N) is 1. The van der Waals surface area contributed by atoms with Gasteiger partial charge in [0, 0.05) is 17.1 Å². The Kier molecular flexibility index (Phi) is 4.86. The van der Waals surface area contributed by atoms with Crippen molar-refractivity contribution in [2.45, 2.75) is 31.1 Å². The Labute approximate surface area is 167 Å². The third-order valence-corrected chi connectivity index (χ3v) is 5.52. The molecule has 0 aromatic heterocycles. The van der Waals surface area contributed by atoms with Crippen LogP contribution >= 0.6 is 0 Å². The van der Waals surface area contributed by atoms with E-state index in [4.69, 9.17) is 11.5 Å². The molecule has 1 saturated heterocycles. The summed E-state index contributed by atoms with van der Waals surface area (Å²) in [6.07, 6.45) is -2.57. The molecule has 4 N–H and O–H groups in total. The second kappa shape index (κ2) is 7.35. The lowest BCUT2D eigenvalue weighted by Crippen LogP contribution is -2.26. The molecular weight excluding hydrogens is 375 g/mol. The van der Waals surface area contributed by atoms with Gasteiger partial charge in [-0.1, -0.05) is 24.3 Å². The van der Waals surface area contributed by atoms with E-state index in [1.165, 1.54) is 0 Å². The van der Waals surface area contributed by atoms with E-state index < -0.39 is 11.7 Å². The van der Waals surface area contributed by atoms with Gasteiger partial charge in [0.25, 0.3) is 0 Å². The minimum atomic E-state index is -4.35. The second-order valence-corrected chi connectivity index (χ2v) is 7.39. The molecule has 1 fully saturated rings. The van der Waals surface area contributed by atoms with E-state index in [1.54, 1.807) is 12.1 Å². The summed E-state index contributed by atoms with van der Waals surface area (Å²) in [5.74, 6) is 0. The zero-order valence-corrected chi connectivity index (χ0v) is 15.7. The van der Waals surface area contributed by atoms with E-state index in [1.807, 2.05) is 48.5 Å². The molecular formula is C23H22F3N3. The number of nitrogen functional groups attached to an aromatic ring is 2. The van der Waals surface area contributed by atoms with Crippen molar-refractivity contribution in [3.63, 3.8) is 0 Å². The van der Waals surface area contributed by atoms with Crippen LogP contribution in [0.3, 0.4) is 0 Å². The minimum Gasteiger partial charge on any atom is -0.399 e. The summed E-state index contributed by atoms with van der Waals surface area (Å²) in [5.41, 5.74) is 15.3. The number of hydrogen-bond acceptors (Lipinski definition) is 3. The first-order chi connectivity index (χ1) is 13.8. The maximum Gasteiger partial charge on any atom is 0.416 e. The van der Waals surface area contributed by atoms with Gasteiger partial charge in [-0.15, -0.1) is 0 Å². The zero-order valence-electron chi connectivity index (χ0n) is 15.7. The van der Waals surface area contributed by atoms with Crippen molar-refractivity contribution in [3.05, 3.63) is 89.5 Å². The van der Waals surface area contributed by atoms with Gasteiger partial charge in [-0.3, -0.25) is 0 Å². The Morgan fingerprint density at radius 1 is 0.655 bits per heavy atom. The van der Waals surface area contributed by atoms with Gasteiger partial charge in [-0.2, -0.15) is 13.2 Å². The van der Waals surface area contributed by atoms with Crippen molar-refractivity contribution >= 4 is 17.1 Å². The molecule has 0 amide bonds. The summed E-state index contributed by atoms with van der Waals surface area (Å²) in [4.78, 5) is 2.21. The van der Waals surface area contributed by atoms with E-state index in [0.29, 0.717) is 11.4 Å². The standard InChI is InChI=1S/C23H22F3N3/c24-23(25,26)17-5-11-20(12-6-17)29-21(15-1-7-18(27)8-2-15)13-14-22(29)16-3-9-19(28)10-4-16/h1-12,21-22H,13-14,27-28H2/t21-,22?/m1/s1. The van der Waals surface area contributed by atoms with E-state index in [0.717, 1.165) is 41.8 Å². The van der Waals surface area contributed by atoms with Crippen LogP contribution in [0.2, 0.25) is 0 Å². The molecule has 0 spiro atoms. The topological polar surface area (TPSA) is 55.3 Å². The maximum atomic E-state index is 13.0. The predicted octanol–water partition coefficient (Wildman–Crippen LogP) is 5.95. The number of hydrogen-bond donors (Lipinski definition) is 2. The van der Waals surface area contributed by atoms with Crippen LogP contribution in [0.5, 0.6) is 0 Å². The molecule has 1 aliphatic heterocycles. The number of halogens is 3. The SMILES string of the molecule is Nc1ccc(C2CC[C@H](c3ccc(N)cc3)N2c2ccc(C(F)(F)F)cc2)cc1. The average molecular weight is 397 g/mol. The highest BCUT2D eigenvalue weighted by atomic mass is 19.4. The first kappa shape index (κ1) is 19.2. The summed E-state index contributed by atoms with van der Waals surface area (Å²) in [7, 11) is 0. The number of rotatable bonds is 3. The Morgan fingerprint density at radius 2 is 1.07 bits per heavy atom. The summed E-state index contributed by atoms with van der Waals surface area (Å²) in [6, 6.07) is 20.9. The van der Waals surface area contributed by atoms with Crippen molar-refractivity contribution < 1.29 is 13.2 Å². The summed E-state index contributed by atoms with van der Waals surface area (Å²) < 4.78 is 39.1. The fraction of sp³-hybridized carbons (Fsp3) is 0.217. The Bertz CT molecular complexity index is 911. The van der Waals surface area contributed by atoms with E-state index in [2.05, 4.69) is 4.90 Å². The lowest BCUT2D eigenvalue weighted by atomic mass is 10.0. The third-order valence-electron chi connectivity index (χ3n) is 5.52. The molecule has 0 saturated carbocycles. The predicted molar refractivity (Wildman–Crippen MR) is 110 cm³/mol. The molecule has 0 aliphatic carbocycles. The lowest BCUT2D eigenvalue weighted by Gasteiger charge is -2.33. The number of benzene rings is 3. The maximum absolute atomic E-state index is 13.0. The smallest absolute Gasteiger partial charge is 0.399 e. The van der Waals surface area contributed by atoms with Crippen LogP contribution in [0.4, 0.5) is 30.2 Å². The Hall–Kier alpha value is -3.15. The Balaban J connectivity index is 1.74. The van der Waals surface area contributed by atoms with Gasteiger partial charge in [0.15, 0.2) is 0 Å². The van der Waals surface area contributed by atoms with Crippen LogP contribution < -0.4 is 16.4 Å². The second-order valence-electron chi connectivity index (χ2n) is 7.39. The van der Waals surface area contributed by atoms with Crippen molar-refractivity contribution in [3.8, 4) is 0 Å². The van der Waals surface area contributed by atoms with E-state index in [9.17, 15) is 13.2 Å². The molecule has 1 unspecified atom stereocenters. The number of alkyl halides is 3. The number of nitrogens with two attached hydrogens (primary N) is 2. The molecule has 29 heavy (non-hydrogen) atoms. The molecule has 0 bridgehead atoms. The van der Waals surface area contributed by atoms with Crippen LogP contribution in [0, 0.1) is 0 Å². The van der Waals surface area contributed by atoms with E-state index in [-0.39, 0.29) is 12.1 Å². The highest BCUT2D eigenvalue weighted by Gasteiger charge is 2.36. The molecule has 3 aromatic carbocycles. The van der Waals surface area contributed by atoms with Gasteiger partial charge in [0.2, 0.25) is 0 Å². The average Bonchev–Trinajstić information content (AvgIpc) is 3.13. The lowest BCUT2D eigenvalue weighted by molar-refractivity contribution is -0.137. The van der Waals surface area contributed by atoms with Crippen LogP contribution in [-0.2, 0) is 6.18 Å². The van der Waals surface area contributed by atoms with Gasteiger partial charge in [-0.25, -0.2) is 0 Å². The van der Waals surface area contributed by atoms with Gasteiger partial charge < -0.3 is 16.4 Å². The van der Waals surface area contributed by atoms with Crippen LogP contribution in [0.1, 0.15) is 41.6 Å². The summed E-state index contributed by atoms with van der Waals surface area (Å²) in [5, 5.41) is 0. The van der Waals surface area contributed by atoms with Gasteiger partial charge in [0.05, 0.1) is 17.6 Å². The minimum absolute atomic E-state index is 0.0508. The quantitative estimate of drug-likeness (QED) is 0.537. The van der Waals surface area contributed by atoms with Crippen LogP contribution in [-0.4, -0.2) is 0 Å². The molecule has 6 heteroatoms. The fourth-order valence-electron chi connectivity index (χ4n) is 4.08. The molecule has 1 aliphatic rings. The largest absolute Gasteiger partial charge is 0.416 e. The van der Waals surface area contributed by atoms with Gasteiger partial charge in [0.1, 0.15) is 0 Å². The molecule has 4 rings (SSSR count). The summed E-state index contributed by atoms with van der Waals surface area (Å²) in [6.45, 7) is 0. The first-order valence-corrected chi connectivity index (χ1v) is 9.49. The van der Waals surface area contributed by atoms with Crippen molar-refractivity contribution in [2.75, 3.05) is 16.4 Å². The Morgan fingerprint density at radius 3 is 1.45 bits per heavy atom. The zero-order chi connectivity index (χ0) is 20.6. The summed E-state index contributed by atoms with van der Waals surface area (Å²) >= 11 is 0. The highest BCUT2D eigenvalue weighted by molar-refractivity contribution is 5.55.